The largest absolute Gasteiger partial charge is 0.271 e. The first-order valence-corrected chi connectivity index (χ1v) is 5.65. The smallest absolute Gasteiger partial charge is 0.0329 e. The van der Waals surface area contributed by atoms with Crippen LogP contribution in [0.4, 0.5) is 0 Å². The molecule has 0 atom stereocenters. The summed E-state index contributed by atoms with van der Waals surface area (Å²) in [6.07, 6.45) is 8.02. The Hall–Kier alpha value is 0.420. The summed E-state index contributed by atoms with van der Waals surface area (Å²) in [5, 5.41) is 0. The minimum atomic E-state index is 0. The van der Waals surface area contributed by atoms with Crippen molar-refractivity contribution in [3.63, 3.8) is 0 Å². The summed E-state index contributed by atoms with van der Waals surface area (Å²) in [6.45, 7) is 0. The predicted molar refractivity (Wildman–Crippen MR) is 69.3 cm³/mol. The molecule has 0 heterocycles. The average Bonchev–Trinajstić information content (AvgIpc) is 1.76. The molecule has 4 bridgehead atoms. The van der Waals surface area contributed by atoms with E-state index in [0.29, 0.717) is 11.1 Å². The number of halogens is 2. The van der Waals surface area contributed by atoms with Gasteiger partial charge in [0.2, 0.25) is 0 Å². The Kier molecular flexibility index (Phi) is 4.16. The van der Waals surface area contributed by atoms with Crippen LogP contribution in [0.5, 0.6) is 0 Å². The first kappa shape index (κ1) is 14.5. The van der Waals surface area contributed by atoms with Crippen LogP contribution in [0.2, 0.25) is 0 Å². The van der Waals surface area contributed by atoms with Crippen LogP contribution in [0.3, 0.4) is 0 Å². The Balaban J connectivity index is 0.000000142. The highest BCUT2D eigenvalue weighted by atomic mass is 35.5. The summed E-state index contributed by atoms with van der Waals surface area (Å²) in [6, 6.07) is 0. The van der Waals surface area contributed by atoms with Gasteiger partial charge < -0.3 is 0 Å². The highest BCUT2D eigenvalue weighted by molar-refractivity contribution is 5.85. The molecule has 6 N–H and O–H groups in total. The molecule has 6 rings (SSSR count). The van der Waals surface area contributed by atoms with Crippen molar-refractivity contribution in [2.45, 2.75) is 49.6 Å². The quantitative estimate of drug-likeness (QED) is 0.443. The van der Waals surface area contributed by atoms with Gasteiger partial charge in [-0.15, -0.1) is 24.8 Å². The molecule has 6 fully saturated rings. The number of hydrazine groups is 2. The van der Waals surface area contributed by atoms with Gasteiger partial charge in [-0.2, -0.15) is 0 Å². The van der Waals surface area contributed by atoms with Crippen molar-refractivity contribution >= 4 is 24.8 Å². The lowest BCUT2D eigenvalue weighted by Crippen LogP contribution is -2.68. The van der Waals surface area contributed by atoms with Gasteiger partial charge in [0.05, 0.1) is 0 Å². The lowest BCUT2D eigenvalue weighted by molar-refractivity contribution is -0.0506. The molecule has 0 aromatic rings. The third kappa shape index (κ3) is 1.96. The zero-order chi connectivity index (χ0) is 9.81. The Morgan fingerprint density at radius 2 is 0.938 bits per heavy atom. The number of hydrogen-bond acceptors (Lipinski definition) is 4. The molecule has 0 amide bonds. The van der Waals surface area contributed by atoms with E-state index in [2.05, 4.69) is 10.9 Å². The summed E-state index contributed by atoms with van der Waals surface area (Å²) in [7, 11) is 0. The molecule has 0 spiro atoms. The number of hydrogen-bond donors (Lipinski definition) is 4. The van der Waals surface area contributed by atoms with Gasteiger partial charge in [-0.3, -0.25) is 22.5 Å². The van der Waals surface area contributed by atoms with E-state index < -0.39 is 0 Å². The van der Waals surface area contributed by atoms with Crippen LogP contribution in [0.1, 0.15) is 38.5 Å². The van der Waals surface area contributed by atoms with Crippen molar-refractivity contribution < 1.29 is 0 Å². The molecule has 0 aliphatic heterocycles. The minimum Gasteiger partial charge on any atom is -0.271 e. The molecular formula is C10H22Cl2N4. The topological polar surface area (TPSA) is 76.1 Å². The highest BCUT2D eigenvalue weighted by Crippen LogP contribution is 2.56. The molecule has 0 unspecified atom stereocenters. The van der Waals surface area contributed by atoms with Crippen LogP contribution < -0.4 is 22.5 Å². The van der Waals surface area contributed by atoms with E-state index in [4.69, 9.17) is 11.7 Å². The molecule has 6 aliphatic carbocycles. The first-order valence-electron chi connectivity index (χ1n) is 5.65. The molecule has 6 heteroatoms. The molecule has 6 saturated carbocycles. The van der Waals surface area contributed by atoms with Gasteiger partial charge in [0.1, 0.15) is 0 Å². The predicted octanol–water partition coefficient (Wildman–Crippen LogP) is 0.848. The summed E-state index contributed by atoms with van der Waals surface area (Å²) in [5.74, 6) is 12.6. The zero-order valence-electron chi connectivity index (χ0n) is 9.37. The number of nitrogens with one attached hydrogen (secondary N) is 2. The van der Waals surface area contributed by atoms with Gasteiger partial charge in [-0.05, 0) is 50.4 Å². The molecule has 6 aliphatic rings. The van der Waals surface area contributed by atoms with Crippen molar-refractivity contribution in [2.75, 3.05) is 0 Å². The van der Waals surface area contributed by atoms with E-state index in [1.165, 1.54) is 38.5 Å². The fraction of sp³-hybridized carbons (Fsp3) is 1.00. The normalized spacial score (nSPS) is 48.4. The van der Waals surface area contributed by atoms with E-state index in [9.17, 15) is 0 Å². The van der Waals surface area contributed by atoms with Crippen molar-refractivity contribution in [3.8, 4) is 0 Å². The first-order chi connectivity index (χ1) is 6.69. The Bertz CT molecular complexity index is 189. The van der Waals surface area contributed by atoms with Crippen molar-refractivity contribution in [1.82, 2.24) is 10.9 Å². The van der Waals surface area contributed by atoms with Crippen LogP contribution in [-0.4, -0.2) is 11.1 Å². The van der Waals surface area contributed by atoms with E-state index in [1.807, 2.05) is 0 Å². The lowest BCUT2D eigenvalue weighted by atomic mass is 9.50. The van der Waals surface area contributed by atoms with Crippen molar-refractivity contribution in [3.05, 3.63) is 0 Å². The van der Waals surface area contributed by atoms with E-state index in [1.54, 1.807) is 0 Å². The van der Waals surface area contributed by atoms with Crippen LogP contribution in [-0.2, 0) is 0 Å². The minimum absolute atomic E-state index is 0. The number of nitrogens with two attached hydrogens (primary N) is 2. The van der Waals surface area contributed by atoms with Gasteiger partial charge in [0.25, 0.3) is 0 Å². The van der Waals surface area contributed by atoms with Gasteiger partial charge in [-0.25, -0.2) is 0 Å². The summed E-state index contributed by atoms with van der Waals surface area (Å²) in [5.41, 5.74) is 6.56. The fourth-order valence-electron chi connectivity index (χ4n) is 3.31. The average molecular weight is 269 g/mol. The SMILES string of the molecule is Cl.Cl.NNC12CC(C1)C2.NNC12CC(C1)C2. The van der Waals surface area contributed by atoms with Crippen LogP contribution in [0.25, 0.3) is 0 Å². The van der Waals surface area contributed by atoms with E-state index in [0.717, 1.165) is 11.8 Å². The highest BCUT2D eigenvalue weighted by Gasteiger charge is 2.56. The van der Waals surface area contributed by atoms with Gasteiger partial charge in [0, 0.05) is 11.1 Å². The maximum atomic E-state index is 5.26. The molecule has 0 saturated heterocycles. The Morgan fingerprint density at radius 1 is 0.688 bits per heavy atom. The maximum Gasteiger partial charge on any atom is 0.0329 e. The monoisotopic (exact) mass is 268 g/mol. The van der Waals surface area contributed by atoms with Gasteiger partial charge in [-0.1, -0.05) is 0 Å². The third-order valence-corrected chi connectivity index (χ3v) is 4.69. The molecule has 4 nitrogen and oxygen atoms in total. The van der Waals surface area contributed by atoms with Crippen molar-refractivity contribution in [1.29, 1.82) is 0 Å². The van der Waals surface area contributed by atoms with Crippen LogP contribution in [0.15, 0.2) is 0 Å². The van der Waals surface area contributed by atoms with E-state index >= 15 is 0 Å². The second kappa shape index (κ2) is 4.59. The third-order valence-electron chi connectivity index (χ3n) is 4.69. The van der Waals surface area contributed by atoms with Crippen LogP contribution >= 0.6 is 24.8 Å². The molecule has 96 valence electrons. The second-order valence-corrected chi connectivity index (χ2v) is 5.81. The summed E-state index contributed by atoms with van der Waals surface area (Å²) >= 11 is 0. The molecule has 0 aromatic heterocycles. The van der Waals surface area contributed by atoms with Crippen LogP contribution in [0, 0.1) is 11.8 Å². The zero-order valence-corrected chi connectivity index (χ0v) is 11.0. The van der Waals surface area contributed by atoms with Crippen molar-refractivity contribution in [2.24, 2.45) is 23.5 Å². The van der Waals surface area contributed by atoms with Gasteiger partial charge >= 0.3 is 0 Å². The second-order valence-electron chi connectivity index (χ2n) is 5.81. The standard InChI is InChI=1S/2C5H10N2.2ClH/c2*6-7-5-1-4(2-5)3-5;;/h2*4,7H,1-3,6H2;2*1H. The summed E-state index contributed by atoms with van der Waals surface area (Å²) in [4.78, 5) is 0. The fourth-order valence-corrected chi connectivity index (χ4v) is 3.31. The molecule has 16 heavy (non-hydrogen) atoms. The van der Waals surface area contributed by atoms with E-state index in [-0.39, 0.29) is 24.8 Å². The molecular weight excluding hydrogens is 247 g/mol. The Labute approximate surface area is 109 Å². The molecule has 0 aromatic carbocycles. The molecule has 0 radical (unpaired) electrons. The lowest BCUT2D eigenvalue weighted by Gasteiger charge is -2.61. The number of rotatable bonds is 2. The Morgan fingerprint density at radius 3 is 0.938 bits per heavy atom. The summed E-state index contributed by atoms with van der Waals surface area (Å²) < 4.78 is 0. The maximum absolute atomic E-state index is 5.26. The van der Waals surface area contributed by atoms with Gasteiger partial charge in [0.15, 0.2) is 0 Å².